The molecule has 0 bridgehead atoms. The fraction of sp³-hybridized carbons (Fsp3) is 0.136. The van der Waals surface area contributed by atoms with Crippen molar-refractivity contribution in [3.8, 4) is 11.1 Å². The van der Waals surface area contributed by atoms with Gasteiger partial charge in [0.05, 0.1) is 6.61 Å². The molecule has 4 aromatic rings. The fourth-order valence-electron chi connectivity index (χ4n) is 3.21. The van der Waals surface area contributed by atoms with Gasteiger partial charge < -0.3 is 14.8 Å². The van der Waals surface area contributed by atoms with Crippen LogP contribution in [0.5, 0.6) is 0 Å². The van der Waals surface area contributed by atoms with Gasteiger partial charge in [-0.2, -0.15) is 0 Å². The van der Waals surface area contributed by atoms with Gasteiger partial charge >= 0.3 is 0 Å². The molecular formula is C22H20N4O2. The number of hydrogen-bond donors (Lipinski definition) is 2. The summed E-state index contributed by atoms with van der Waals surface area (Å²) in [5.74, 6) is 0.214. The monoisotopic (exact) mass is 372 g/mol. The van der Waals surface area contributed by atoms with Crippen LogP contribution in [0.25, 0.3) is 16.8 Å². The van der Waals surface area contributed by atoms with E-state index in [1.165, 1.54) is 0 Å². The number of carbonyl (C=O) groups is 1. The van der Waals surface area contributed by atoms with E-state index in [1.807, 2.05) is 73.0 Å². The normalized spacial score (nSPS) is 11.0. The first-order chi connectivity index (χ1) is 13.5. The molecule has 0 unspecified atom stereocenters. The Morgan fingerprint density at radius 3 is 2.68 bits per heavy atom. The summed E-state index contributed by atoms with van der Waals surface area (Å²) in [7, 11) is 0. The number of carbonyl (C=O) groups excluding carboxylic acids is 1. The van der Waals surface area contributed by atoms with Gasteiger partial charge in [-0.05, 0) is 66.4 Å². The SMILES string of the molecule is Cc1cc(C)nc(NC(=O)c2cn3cc(-c4cccc(CO)c4)ccc3n2)c1. The lowest BCUT2D eigenvalue weighted by Crippen LogP contribution is -2.13. The summed E-state index contributed by atoms with van der Waals surface area (Å²) in [6.07, 6.45) is 3.62. The molecule has 0 saturated heterocycles. The van der Waals surface area contributed by atoms with E-state index >= 15 is 0 Å². The third kappa shape index (κ3) is 3.63. The van der Waals surface area contributed by atoms with Crippen LogP contribution in [0.1, 0.15) is 27.3 Å². The van der Waals surface area contributed by atoms with E-state index in [2.05, 4.69) is 15.3 Å². The molecule has 2 N–H and O–H groups in total. The molecule has 140 valence electrons. The number of aryl methyl sites for hydroxylation is 2. The van der Waals surface area contributed by atoms with Crippen LogP contribution in [-0.4, -0.2) is 25.4 Å². The Labute approximate surface area is 162 Å². The zero-order valence-electron chi connectivity index (χ0n) is 15.7. The van der Waals surface area contributed by atoms with Crippen molar-refractivity contribution in [2.24, 2.45) is 0 Å². The first-order valence-corrected chi connectivity index (χ1v) is 8.97. The van der Waals surface area contributed by atoms with Crippen LogP contribution in [0.4, 0.5) is 5.82 Å². The highest BCUT2D eigenvalue weighted by molar-refractivity contribution is 6.02. The maximum Gasteiger partial charge on any atom is 0.277 e. The van der Waals surface area contributed by atoms with Crippen LogP contribution in [0.2, 0.25) is 0 Å². The minimum atomic E-state index is -0.301. The molecule has 0 saturated carbocycles. The van der Waals surface area contributed by atoms with Crippen molar-refractivity contribution in [1.82, 2.24) is 14.4 Å². The quantitative estimate of drug-likeness (QED) is 0.572. The molecule has 0 aliphatic carbocycles. The number of aromatic nitrogens is 3. The second-order valence-corrected chi connectivity index (χ2v) is 6.79. The lowest BCUT2D eigenvalue weighted by atomic mass is 10.1. The van der Waals surface area contributed by atoms with E-state index in [0.29, 0.717) is 17.2 Å². The van der Waals surface area contributed by atoms with Crippen molar-refractivity contribution in [1.29, 1.82) is 0 Å². The molecule has 4 rings (SSSR count). The first kappa shape index (κ1) is 17.9. The lowest BCUT2D eigenvalue weighted by Gasteiger charge is -2.05. The maximum atomic E-state index is 12.6. The van der Waals surface area contributed by atoms with Gasteiger partial charge in [-0.1, -0.05) is 18.2 Å². The summed E-state index contributed by atoms with van der Waals surface area (Å²) in [5, 5.41) is 12.1. The Hall–Kier alpha value is -3.51. The number of pyridine rings is 2. The number of rotatable bonds is 4. The van der Waals surface area contributed by atoms with E-state index in [0.717, 1.165) is 27.9 Å². The topological polar surface area (TPSA) is 79.5 Å². The number of imidazole rings is 1. The number of nitrogens with one attached hydrogen (secondary N) is 1. The van der Waals surface area contributed by atoms with Gasteiger partial charge in [0.15, 0.2) is 0 Å². The van der Waals surface area contributed by atoms with Gasteiger partial charge in [0.25, 0.3) is 5.91 Å². The Morgan fingerprint density at radius 2 is 1.89 bits per heavy atom. The highest BCUT2D eigenvalue weighted by atomic mass is 16.3. The smallest absolute Gasteiger partial charge is 0.277 e. The molecule has 0 aliphatic heterocycles. The number of hydrogen-bond acceptors (Lipinski definition) is 4. The zero-order chi connectivity index (χ0) is 19.7. The molecule has 3 aromatic heterocycles. The summed E-state index contributed by atoms with van der Waals surface area (Å²) in [6.45, 7) is 3.85. The Kier molecular flexibility index (Phi) is 4.63. The molecule has 1 aromatic carbocycles. The van der Waals surface area contributed by atoms with Gasteiger partial charge in [0, 0.05) is 18.1 Å². The van der Waals surface area contributed by atoms with Crippen LogP contribution in [0.15, 0.2) is 60.9 Å². The first-order valence-electron chi connectivity index (χ1n) is 8.97. The summed E-state index contributed by atoms with van der Waals surface area (Å²) >= 11 is 0. The molecule has 0 fully saturated rings. The number of nitrogens with zero attached hydrogens (tertiary/aromatic N) is 3. The number of amides is 1. The van der Waals surface area contributed by atoms with Crippen molar-refractivity contribution in [2.75, 3.05) is 5.32 Å². The summed E-state index contributed by atoms with van der Waals surface area (Å²) in [4.78, 5) is 21.3. The molecular weight excluding hydrogens is 352 g/mol. The average molecular weight is 372 g/mol. The summed E-state index contributed by atoms with van der Waals surface area (Å²) in [6, 6.07) is 15.3. The van der Waals surface area contributed by atoms with E-state index in [-0.39, 0.29) is 12.5 Å². The molecule has 0 radical (unpaired) electrons. The fourth-order valence-corrected chi connectivity index (χ4v) is 3.21. The van der Waals surface area contributed by atoms with Crippen molar-refractivity contribution in [3.63, 3.8) is 0 Å². The Morgan fingerprint density at radius 1 is 1.04 bits per heavy atom. The van der Waals surface area contributed by atoms with Crippen LogP contribution in [0, 0.1) is 13.8 Å². The van der Waals surface area contributed by atoms with Gasteiger partial charge in [-0.15, -0.1) is 0 Å². The predicted molar refractivity (Wildman–Crippen MR) is 108 cm³/mol. The van der Waals surface area contributed by atoms with Gasteiger partial charge in [-0.3, -0.25) is 4.79 Å². The molecule has 3 heterocycles. The molecule has 0 aliphatic rings. The number of fused-ring (bicyclic) bond motifs is 1. The third-order valence-electron chi connectivity index (χ3n) is 4.47. The molecule has 0 spiro atoms. The summed E-state index contributed by atoms with van der Waals surface area (Å²) < 4.78 is 1.82. The van der Waals surface area contributed by atoms with Gasteiger partial charge in [-0.25, -0.2) is 9.97 Å². The van der Waals surface area contributed by atoms with E-state index in [9.17, 15) is 9.90 Å². The van der Waals surface area contributed by atoms with Gasteiger partial charge in [0.2, 0.25) is 0 Å². The maximum absolute atomic E-state index is 12.6. The molecule has 0 atom stereocenters. The number of benzene rings is 1. The second kappa shape index (κ2) is 7.25. The predicted octanol–water partition coefficient (Wildman–Crippen LogP) is 3.76. The molecule has 28 heavy (non-hydrogen) atoms. The summed E-state index contributed by atoms with van der Waals surface area (Å²) in [5.41, 5.74) is 5.70. The zero-order valence-corrected chi connectivity index (χ0v) is 15.7. The van der Waals surface area contributed by atoms with Gasteiger partial charge in [0.1, 0.15) is 17.2 Å². The number of anilines is 1. The Bertz CT molecular complexity index is 1160. The van der Waals surface area contributed by atoms with E-state index in [4.69, 9.17) is 0 Å². The van der Waals surface area contributed by atoms with Crippen molar-refractivity contribution in [3.05, 3.63) is 83.4 Å². The van der Waals surface area contributed by atoms with E-state index in [1.54, 1.807) is 6.20 Å². The highest BCUT2D eigenvalue weighted by Crippen LogP contribution is 2.22. The Balaban J connectivity index is 1.63. The highest BCUT2D eigenvalue weighted by Gasteiger charge is 2.13. The lowest BCUT2D eigenvalue weighted by molar-refractivity contribution is 0.102. The van der Waals surface area contributed by atoms with Crippen molar-refractivity contribution < 1.29 is 9.90 Å². The minimum absolute atomic E-state index is 0.00203. The standard InChI is InChI=1S/C22H20N4O2/c1-14-8-15(2)23-20(9-14)25-22(28)19-12-26-11-18(6-7-21(26)24-19)17-5-3-4-16(10-17)13-27/h3-12,27H,13H2,1-2H3,(H,23,25,28). The number of aliphatic hydroxyl groups is 1. The van der Waals surface area contributed by atoms with Crippen LogP contribution >= 0.6 is 0 Å². The largest absolute Gasteiger partial charge is 0.392 e. The second-order valence-electron chi connectivity index (χ2n) is 6.79. The van der Waals surface area contributed by atoms with Crippen LogP contribution < -0.4 is 5.32 Å². The number of aliphatic hydroxyl groups excluding tert-OH is 1. The van der Waals surface area contributed by atoms with Crippen LogP contribution in [-0.2, 0) is 6.61 Å². The van der Waals surface area contributed by atoms with Crippen molar-refractivity contribution in [2.45, 2.75) is 20.5 Å². The van der Waals surface area contributed by atoms with Crippen LogP contribution in [0.3, 0.4) is 0 Å². The molecule has 6 nitrogen and oxygen atoms in total. The minimum Gasteiger partial charge on any atom is -0.392 e. The van der Waals surface area contributed by atoms with Crippen molar-refractivity contribution >= 4 is 17.4 Å². The molecule has 6 heteroatoms. The van der Waals surface area contributed by atoms with E-state index < -0.39 is 0 Å². The molecule has 1 amide bonds. The average Bonchev–Trinajstić information content (AvgIpc) is 3.10. The third-order valence-corrected chi connectivity index (χ3v) is 4.47.